The van der Waals surface area contributed by atoms with Gasteiger partial charge in [-0.25, -0.2) is 0 Å². The molecule has 15 heavy (non-hydrogen) atoms. The van der Waals surface area contributed by atoms with Gasteiger partial charge >= 0.3 is 0 Å². The second kappa shape index (κ2) is 5.78. The molecular weight excluding hydrogens is 206 g/mol. The summed E-state index contributed by atoms with van der Waals surface area (Å²) in [7, 11) is 0. The molecule has 0 radical (unpaired) electrons. The van der Waals surface area contributed by atoms with E-state index in [1.165, 1.54) is 12.8 Å². The molecule has 1 N–H and O–H groups in total. The van der Waals surface area contributed by atoms with Crippen molar-refractivity contribution in [2.75, 3.05) is 12.3 Å². The fourth-order valence-electron chi connectivity index (χ4n) is 1.81. The normalized spacial score (nSPS) is 17.9. The molecule has 1 fully saturated rings. The molecule has 0 aromatic heterocycles. The minimum atomic E-state index is 0.216. The fraction of sp³-hybridized carbons (Fsp3) is 0.917. The molecule has 1 saturated carbocycles. The Bertz CT molecular complexity index is 210. The van der Waals surface area contributed by atoms with E-state index in [0.717, 1.165) is 25.1 Å². The Hall–Kier alpha value is -0.180. The first-order valence-electron chi connectivity index (χ1n) is 6.03. The second-order valence-corrected chi connectivity index (χ2v) is 5.14. The summed E-state index contributed by atoms with van der Waals surface area (Å²) in [5.41, 5.74) is 0.251. The van der Waals surface area contributed by atoms with Crippen LogP contribution < -0.4 is 5.32 Å². The van der Waals surface area contributed by atoms with Crippen LogP contribution in [0.5, 0.6) is 0 Å². The van der Waals surface area contributed by atoms with Crippen LogP contribution >= 0.6 is 12.6 Å². The standard InChI is InChI=1S/C12H23NOS/c1-3-10(4-2)8-13-11(14)7-12(9-15)5-6-12/h10,15H,3-9H2,1-2H3,(H,13,14). The summed E-state index contributed by atoms with van der Waals surface area (Å²) >= 11 is 4.30. The van der Waals surface area contributed by atoms with E-state index in [1.807, 2.05) is 0 Å². The lowest BCUT2D eigenvalue weighted by molar-refractivity contribution is -0.122. The van der Waals surface area contributed by atoms with Crippen molar-refractivity contribution in [3.8, 4) is 0 Å². The highest BCUT2D eigenvalue weighted by Gasteiger charge is 2.42. The number of rotatable bonds is 7. The first-order chi connectivity index (χ1) is 7.15. The minimum absolute atomic E-state index is 0.216. The molecule has 0 heterocycles. The third-order valence-electron chi connectivity index (χ3n) is 3.57. The third-order valence-corrected chi connectivity index (χ3v) is 4.24. The Morgan fingerprint density at radius 2 is 2.00 bits per heavy atom. The van der Waals surface area contributed by atoms with Crippen LogP contribution in [-0.2, 0) is 4.79 Å². The number of hydrogen-bond donors (Lipinski definition) is 2. The predicted octanol–water partition coefficient (Wildman–Crippen LogP) is 2.64. The average Bonchev–Trinajstić information content (AvgIpc) is 3.00. The van der Waals surface area contributed by atoms with E-state index < -0.39 is 0 Å². The van der Waals surface area contributed by atoms with Gasteiger partial charge in [-0.05, 0) is 29.9 Å². The fourth-order valence-corrected chi connectivity index (χ4v) is 2.23. The number of carbonyl (C=O) groups is 1. The molecule has 1 aliphatic rings. The number of thiol groups is 1. The molecule has 0 atom stereocenters. The van der Waals surface area contributed by atoms with Crippen LogP contribution in [0.15, 0.2) is 0 Å². The molecule has 1 amide bonds. The van der Waals surface area contributed by atoms with Gasteiger partial charge in [0.25, 0.3) is 0 Å². The number of nitrogens with one attached hydrogen (secondary N) is 1. The summed E-state index contributed by atoms with van der Waals surface area (Å²) in [4.78, 5) is 11.6. The highest BCUT2D eigenvalue weighted by Crippen LogP contribution is 2.49. The maximum atomic E-state index is 11.6. The van der Waals surface area contributed by atoms with Crippen LogP contribution in [0.3, 0.4) is 0 Å². The summed E-state index contributed by atoms with van der Waals surface area (Å²) in [6.45, 7) is 5.20. The maximum Gasteiger partial charge on any atom is 0.220 e. The monoisotopic (exact) mass is 229 g/mol. The van der Waals surface area contributed by atoms with E-state index in [9.17, 15) is 4.79 Å². The molecule has 0 aromatic carbocycles. The van der Waals surface area contributed by atoms with Gasteiger partial charge in [0.1, 0.15) is 0 Å². The Kier molecular flexibility index (Phi) is 4.97. The van der Waals surface area contributed by atoms with Crippen molar-refractivity contribution in [3.63, 3.8) is 0 Å². The molecule has 1 aliphatic carbocycles. The predicted molar refractivity (Wildman–Crippen MR) is 67.2 cm³/mol. The van der Waals surface area contributed by atoms with Gasteiger partial charge in [0.2, 0.25) is 5.91 Å². The Morgan fingerprint density at radius 3 is 2.40 bits per heavy atom. The summed E-state index contributed by atoms with van der Waals surface area (Å²) in [5, 5.41) is 3.04. The van der Waals surface area contributed by atoms with Crippen LogP contribution in [-0.4, -0.2) is 18.2 Å². The molecule has 0 unspecified atom stereocenters. The van der Waals surface area contributed by atoms with E-state index in [-0.39, 0.29) is 11.3 Å². The van der Waals surface area contributed by atoms with E-state index in [1.54, 1.807) is 0 Å². The van der Waals surface area contributed by atoms with E-state index in [0.29, 0.717) is 12.3 Å². The molecule has 0 aliphatic heterocycles. The first-order valence-corrected chi connectivity index (χ1v) is 6.66. The van der Waals surface area contributed by atoms with Crippen LogP contribution in [0.4, 0.5) is 0 Å². The molecule has 0 aromatic rings. The van der Waals surface area contributed by atoms with Crippen molar-refractivity contribution >= 4 is 18.5 Å². The summed E-state index contributed by atoms with van der Waals surface area (Å²) in [6, 6.07) is 0. The largest absolute Gasteiger partial charge is 0.356 e. The quantitative estimate of drug-likeness (QED) is 0.646. The highest BCUT2D eigenvalue weighted by molar-refractivity contribution is 7.80. The van der Waals surface area contributed by atoms with Crippen molar-refractivity contribution in [2.24, 2.45) is 11.3 Å². The van der Waals surface area contributed by atoms with Crippen LogP contribution in [0, 0.1) is 11.3 Å². The zero-order chi connectivity index (χ0) is 11.3. The van der Waals surface area contributed by atoms with Gasteiger partial charge in [-0.2, -0.15) is 12.6 Å². The van der Waals surface area contributed by atoms with Crippen molar-refractivity contribution in [1.82, 2.24) is 5.32 Å². The highest BCUT2D eigenvalue weighted by atomic mass is 32.1. The molecule has 2 nitrogen and oxygen atoms in total. The number of hydrogen-bond acceptors (Lipinski definition) is 2. The van der Waals surface area contributed by atoms with Gasteiger partial charge in [0.15, 0.2) is 0 Å². The maximum absolute atomic E-state index is 11.6. The number of amides is 1. The van der Waals surface area contributed by atoms with Gasteiger partial charge in [0.05, 0.1) is 0 Å². The average molecular weight is 229 g/mol. The smallest absolute Gasteiger partial charge is 0.220 e. The zero-order valence-corrected chi connectivity index (χ0v) is 10.8. The van der Waals surface area contributed by atoms with Gasteiger partial charge in [-0.3, -0.25) is 4.79 Å². The van der Waals surface area contributed by atoms with Crippen LogP contribution in [0.1, 0.15) is 46.0 Å². The lowest BCUT2D eigenvalue weighted by atomic mass is 10.0. The van der Waals surface area contributed by atoms with Crippen molar-refractivity contribution in [2.45, 2.75) is 46.0 Å². The van der Waals surface area contributed by atoms with Crippen molar-refractivity contribution in [3.05, 3.63) is 0 Å². The molecule has 88 valence electrons. The lowest BCUT2D eigenvalue weighted by Gasteiger charge is -2.15. The molecule has 0 saturated heterocycles. The van der Waals surface area contributed by atoms with Gasteiger partial charge < -0.3 is 5.32 Å². The number of carbonyl (C=O) groups excluding carboxylic acids is 1. The Labute approximate surface area is 98.6 Å². The molecule has 0 bridgehead atoms. The third kappa shape index (κ3) is 4.06. The lowest BCUT2D eigenvalue weighted by Crippen LogP contribution is -2.31. The Balaban J connectivity index is 2.18. The van der Waals surface area contributed by atoms with Crippen LogP contribution in [0.2, 0.25) is 0 Å². The minimum Gasteiger partial charge on any atom is -0.356 e. The molecule has 0 spiro atoms. The molecular formula is C12H23NOS. The first kappa shape index (κ1) is 12.9. The van der Waals surface area contributed by atoms with Gasteiger partial charge in [-0.15, -0.1) is 0 Å². The Morgan fingerprint density at radius 1 is 1.40 bits per heavy atom. The SMILES string of the molecule is CCC(CC)CNC(=O)CC1(CS)CC1. The van der Waals surface area contributed by atoms with E-state index >= 15 is 0 Å². The van der Waals surface area contributed by atoms with Gasteiger partial charge in [0, 0.05) is 13.0 Å². The summed E-state index contributed by atoms with van der Waals surface area (Å²) in [5.74, 6) is 1.71. The molecule has 3 heteroatoms. The molecule has 1 rings (SSSR count). The van der Waals surface area contributed by atoms with Gasteiger partial charge in [-0.1, -0.05) is 26.7 Å². The zero-order valence-electron chi connectivity index (χ0n) is 9.88. The van der Waals surface area contributed by atoms with E-state index in [2.05, 4.69) is 31.8 Å². The van der Waals surface area contributed by atoms with Crippen molar-refractivity contribution < 1.29 is 4.79 Å². The summed E-state index contributed by atoms with van der Waals surface area (Å²) in [6.07, 6.45) is 5.32. The van der Waals surface area contributed by atoms with E-state index in [4.69, 9.17) is 0 Å². The van der Waals surface area contributed by atoms with Crippen molar-refractivity contribution in [1.29, 1.82) is 0 Å². The topological polar surface area (TPSA) is 29.1 Å². The summed E-state index contributed by atoms with van der Waals surface area (Å²) < 4.78 is 0. The van der Waals surface area contributed by atoms with Crippen LogP contribution in [0.25, 0.3) is 0 Å². The second-order valence-electron chi connectivity index (χ2n) is 4.82.